The van der Waals surface area contributed by atoms with Crippen molar-refractivity contribution in [1.29, 1.82) is 0 Å². The zero-order valence-electron chi connectivity index (χ0n) is 7.19. The second-order valence-corrected chi connectivity index (χ2v) is 3.66. The number of thioether (sulfide) groups is 1. The quantitative estimate of drug-likeness (QED) is 0.713. The number of carbonyl (C=O) groups is 1. The fourth-order valence-corrected chi connectivity index (χ4v) is 1.68. The van der Waals surface area contributed by atoms with Gasteiger partial charge in [0.1, 0.15) is 11.8 Å². The number of carboxylic acids is 1. The number of rotatable bonds is 4. The van der Waals surface area contributed by atoms with E-state index < -0.39 is 12.0 Å². The zero-order valence-corrected chi connectivity index (χ0v) is 8.00. The number of nitrogens with two attached hydrogens (primary N) is 1. The molecule has 1 heterocycles. The highest BCUT2D eigenvalue weighted by molar-refractivity contribution is 7.99. The monoisotopic (exact) mass is 201 g/mol. The molecular formula is C8H11NO3S. The normalized spacial score (nSPS) is 12.8. The minimum Gasteiger partial charge on any atom is -0.480 e. The summed E-state index contributed by atoms with van der Waals surface area (Å²) in [6, 6.07) is 0.980. The lowest BCUT2D eigenvalue weighted by Gasteiger charge is -2.04. The van der Waals surface area contributed by atoms with Gasteiger partial charge in [0, 0.05) is 10.6 Å². The summed E-state index contributed by atoms with van der Waals surface area (Å²) in [4.78, 5) is 11.3. The molecule has 0 aromatic carbocycles. The molecule has 0 amide bonds. The van der Waals surface area contributed by atoms with E-state index in [9.17, 15) is 4.79 Å². The van der Waals surface area contributed by atoms with Crippen molar-refractivity contribution in [3.8, 4) is 0 Å². The minimum absolute atomic E-state index is 0.357. The van der Waals surface area contributed by atoms with Crippen molar-refractivity contribution in [2.45, 2.75) is 17.9 Å². The Labute approximate surface area is 80.1 Å². The predicted octanol–water partition coefficient (Wildman–Crippen LogP) is 1.09. The highest BCUT2D eigenvalue weighted by Crippen LogP contribution is 2.23. The molecule has 0 aliphatic carbocycles. The van der Waals surface area contributed by atoms with Crippen LogP contribution < -0.4 is 5.73 Å². The van der Waals surface area contributed by atoms with E-state index in [1.807, 2.05) is 6.92 Å². The number of furan rings is 1. The first-order chi connectivity index (χ1) is 6.11. The van der Waals surface area contributed by atoms with Crippen LogP contribution in [0.2, 0.25) is 0 Å². The highest BCUT2D eigenvalue weighted by atomic mass is 32.2. The number of aryl methyl sites for hydroxylation is 1. The molecule has 1 aromatic heterocycles. The Balaban J connectivity index is 2.44. The molecule has 0 saturated carbocycles. The molecule has 4 nitrogen and oxygen atoms in total. The summed E-state index contributed by atoms with van der Waals surface area (Å²) in [7, 11) is 0. The van der Waals surface area contributed by atoms with Gasteiger partial charge >= 0.3 is 5.97 Å². The van der Waals surface area contributed by atoms with Gasteiger partial charge in [0.15, 0.2) is 0 Å². The smallest absolute Gasteiger partial charge is 0.321 e. The Hall–Kier alpha value is -0.940. The number of aliphatic carboxylic acids is 1. The van der Waals surface area contributed by atoms with Gasteiger partial charge in [-0.05, 0) is 13.0 Å². The third kappa shape index (κ3) is 2.78. The van der Waals surface area contributed by atoms with Crippen LogP contribution in [0.4, 0.5) is 0 Å². The molecule has 0 bridgehead atoms. The maximum absolute atomic E-state index is 10.4. The molecule has 0 spiro atoms. The molecule has 1 rings (SSSR count). The Kier molecular flexibility index (Phi) is 3.39. The first-order valence-corrected chi connectivity index (χ1v) is 4.75. The van der Waals surface area contributed by atoms with Crippen LogP contribution in [0.3, 0.4) is 0 Å². The van der Waals surface area contributed by atoms with Crippen LogP contribution in [0.5, 0.6) is 0 Å². The Morgan fingerprint density at radius 1 is 1.85 bits per heavy atom. The topological polar surface area (TPSA) is 76.5 Å². The van der Waals surface area contributed by atoms with E-state index in [0.717, 1.165) is 10.7 Å². The van der Waals surface area contributed by atoms with Gasteiger partial charge in [-0.25, -0.2) is 0 Å². The molecule has 5 heteroatoms. The predicted molar refractivity (Wildman–Crippen MR) is 49.8 cm³/mol. The van der Waals surface area contributed by atoms with E-state index in [1.54, 1.807) is 12.3 Å². The summed E-state index contributed by atoms with van der Waals surface area (Å²) in [5, 5.41) is 8.52. The molecule has 0 radical (unpaired) electrons. The van der Waals surface area contributed by atoms with Gasteiger partial charge in [-0.1, -0.05) is 0 Å². The molecule has 1 aromatic rings. The third-order valence-corrected chi connectivity index (χ3v) is 2.81. The van der Waals surface area contributed by atoms with Crippen molar-refractivity contribution < 1.29 is 14.3 Å². The second-order valence-electron chi connectivity index (χ2n) is 2.60. The molecule has 1 unspecified atom stereocenters. The van der Waals surface area contributed by atoms with Gasteiger partial charge in [-0.15, -0.1) is 11.8 Å². The summed E-state index contributed by atoms with van der Waals surface area (Å²) in [5.74, 6) is 0.173. The number of hydrogen-bond acceptors (Lipinski definition) is 4. The fraction of sp³-hybridized carbons (Fsp3) is 0.375. The lowest BCUT2D eigenvalue weighted by atomic mass is 10.4. The number of carboxylic acid groups (broad SMARTS) is 1. The molecule has 0 fully saturated rings. The van der Waals surface area contributed by atoms with Crippen molar-refractivity contribution in [1.82, 2.24) is 0 Å². The van der Waals surface area contributed by atoms with Crippen LogP contribution in [0, 0.1) is 6.92 Å². The van der Waals surface area contributed by atoms with Gasteiger partial charge in [0.05, 0.1) is 6.26 Å². The summed E-state index contributed by atoms with van der Waals surface area (Å²) >= 11 is 1.39. The van der Waals surface area contributed by atoms with Crippen molar-refractivity contribution in [3.63, 3.8) is 0 Å². The summed E-state index contributed by atoms with van der Waals surface area (Å²) in [5.41, 5.74) is 5.33. The molecule has 1 atom stereocenters. The van der Waals surface area contributed by atoms with Crippen molar-refractivity contribution >= 4 is 17.7 Å². The van der Waals surface area contributed by atoms with E-state index >= 15 is 0 Å². The molecule has 13 heavy (non-hydrogen) atoms. The SMILES string of the molecule is Cc1occc1SCC(N)C(=O)O. The van der Waals surface area contributed by atoms with Gasteiger partial charge in [-0.2, -0.15) is 0 Å². The summed E-state index contributed by atoms with van der Waals surface area (Å²) in [6.45, 7) is 1.83. The van der Waals surface area contributed by atoms with Crippen LogP contribution in [-0.4, -0.2) is 22.9 Å². The zero-order chi connectivity index (χ0) is 9.84. The maximum Gasteiger partial charge on any atom is 0.321 e. The van der Waals surface area contributed by atoms with Gasteiger partial charge in [-0.3, -0.25) is 4.79 Å². The van der Waals surface area contributed by atoms with Gasteiger partial charge < -0.3 is 15.3 Å². The molecule has 0 aliphatic rings. The van der Waals surface area contributed by atoms with Crippen LogP contribution in [0.1, 0.15) is 5.76 Å². The molecule has 0 aliphatic heterocycles. The van der Waals surface area contributed by atoms with Crippen LogP contribution >= 0.6 is 11.8 Å². The van der Waals surface area contributed by atoms with E-state index in [1.165, 1.54) is 11.8 Å². The molecular weight excluding hydrogens is 190 g/mol. The second kappa shape index (κ2) is 4.34. The maximum atomic E-state index is 10.4. The molecule has 0 saturated heterocycles. The van der Waals surface area contributed by atoms with Gasteiger partial charge in [0.25, 0.3) is 0 Å². The Bertz CT molecular complexity index is 297. The standard InChI is InChI=1S/C8H11NO3S/c1-5-7(2-3-12-5)13-4-6(9)8(10)11/h2-3,6H,4,9H2,1H3,(H,10,11). The van der Waals surface area contributed by atoms with E-state index in [0.29, 0.717) is 5.75 Å². The Morgan fingerprint density at radius 3 is 3.00 bits per heavy atom. The van der Waals surface area contributed by atoms with E-state index in [-0.39, 0.29) is 0 Å². The molecule has 72 valence electrons. The van der Waals surface area contributed by atoms with Crippen molar-refractivity contribution in [2.75, 3.05) is 5.75 Å². The molecule has 3 N–H and O–H groups in total. The summed E-state index contributed by atoms with van der Waals surface area (Å²) < 4.78 is 5.05. The number of hydrogen-bond donors (Lipinski definition) is 2. The van der Waals surface area contributed by atoms with Gasteiger partial charge in [0.2, 0.25) is 0 Å². The van der Waals surface area contributed by atoms with E-state index in [4.69, 9.17) is 15.3 Å². The van der Waals surface area contributed by atoms with Crippen molar-refractivity contribution in [2.24, 2.45) is 5.73 Å². The largest absolute Gasteiger partial charge is 0.480 e. The minimum atomic E-state index is -0.978. The lowest BCUT2D eigenvalue weighted by molar-refractivity contribution is -0.137. The van der Waals surface area contributed by atoms with Crippen LogP contribution in [-0.2, 0) is 4.79 Å². The first kappa shape index (κ1) is 10.1. The lowest BCUT2D eigenvalue weighted by Crippen LogP contribution is -2.32. The van der Waals surface area contributed by atoms with Crippen molar-refractivity contribution in [3.05, 3.63) is 18.1 Å². The van der Waals surface area contributed by atoms with Crippen LogP contribution in [0.15, 0.2) is 21.6 Å². The Morgan fingerprint density at radius 2 is 2.54 bits per heavy atom. The highest BCUT2D eigenvalue weighted by Gasteiger charge is 2.12. The average molecular weight is 201 g/mol. The van der Waals surface area contributed by atoms with Crippen LogP contribution in [0.25, 0.3) is 0 Å². The average Bonchev–Trinajstić information content (AvgIpc) is 2.47. The van der Waals surface area contributed by atoms with E-state index in [2.05, 4.69) is 0 Å². The summed E-state index contributed by atoms with van der Waals surface area (Å²) in [6.07, 6.45) is 1.57. The third-order valence-electron chi connectivity index (χ3n) is 1.55. The first-order valence-electron chi connectivity index (χ1n) is 3.76. The fourth-order valence-electron chi connectivity index (χ4n) is 0.774.